The minimum absolute atomic E-state index is 0.196. The molecule has 0 bridgehead atoms. The summed E-state index contributed by atoms with van der Waals surface area (Å²) in [6.07, 6.45) is 6.50. The Labute approximate surface area is 156 Å². The lowest BCUT2D eigenvalue weighted by Crippen LogP contribution is -2.36. The first-order valence-corrected chi connectivity index (χ1v) is 8.49. The fourth-order valence-electron chi connectivity index (χ4n) is 2.78. The summed E-state index contributed by atoms with van der Waals surface area (Å²) in [4.78, 5) is 22.2. The zero-order valence-corrected chi connectivity index (χ0v) is 14.6. The van der Waals surface area contributed by atoms with Crippen molar-refractivity contribution in [1.82, 2.24) is 15.3 Å². The van der Waals surface area contributed by atoms with Gasteiger partial charge in [-0.05, 0) is 19.3 Å². The van der Waals surface area contributed by atoms with E-state index in [0.717, 1.165) is 25.9 Å². The fourth-order valence-corrected chi connectivity index (χ4v) is 2.78. The summed E-state index contributed by atoms with van der Waals surface area (Å²) in [6.45, 7) is 1.47. The third kappa shape index (κ3) is 4.69. The minimum Gasteiger partial charge on any atom is -0.444 e. The maximum Gasteiger partial charge on any atom is 0.414 e. The summed E-state index contributed by atoms with van der Waals surface area (Å²) in [5.41, 5.74) is 6.09. The number of nitrogens with zero attached hydrogens (tertiary/aromatic N) is 3. The molecule has 2 heterocycles. The van der Waals surface area contributed by atoms with E-state index in [0.29, 0.717) is 17.1 Å². The molecule has 0 unspecified atom stereocenters. The Morgan fingerprint density at radius 2 is 2.00 bits per heavy atom. The average molecular weight is 371 g/mol. The maximum atomic E-state index is 14.8. The van der Waals surface area contributed by atoms with Crippen LogP contribution in [-0.4, -0.2) is 35.1 Å². The number of carbonyl (C=O) groups excluding carboxylic acids is 1. The van der Waals surface area contributed by atoms with Gasteiger partial charge in [-0.15, -0.1) is 0 Å². The van der Waals surface area contributed by atoms with Gasteiger partial charge in [0, 0.05) is 42.2 Å². The quantitative estimate of drug-likeness (QED) is 0.560. The third-order valence-electron chi connectivity index (χ3n) is 4.11. The van der Waals surface area contributed by atoms with Crippen LogP contribution in [0.4, 0.5) is 15.1 Å². The smallest absolute Gasteiger partial charge is 0.414 e. The van der Waals surface area contributed by atoms with Crippen LogP contribution in [0, 0.1) is 17.6 Å². The number of rotatable bonds is 4. The first kappa shape index (κ1) is 18.6. The van der Waals surface area contributed by atoms with Gasteiger partial charge in [0.1, 0.15) is 12.4 Å². The first-order chi connectivity index (χ1) is 13.0. The number of benzene rings is 1. The van der Waals surface area contributed by atoms with Gasteiger partial charge in [-0.25, -0.2) is 19.2 Å². The Balaban J connectivity index is 1.73. The van der Waals surface area contributed by atoms with Crippen LogP contribution in [0.15, 0.2) is 30.6 Å². The van der Waals surface area contributed by atoms with Gasteiger partial charge in [0.05, 0.1) is 0 Å². The van der Waals surface area contributed by atoms with Crippen molar-refractivity contribution >= 4 is 18.0 Å². The number of nitrogens with one attached hydrogen (secondary N) is 2. The molecule has 1 radical (unpaired) electrons. The number of ether oxygens (including phenoxy) is 1. The van der Waals surface area contributed by atoms with Gasteiger partial charge in [-0.1, -0.05) is 18.2 Å². The van der Waals surface area contributed by atoms with Crippen LogP contribution in [0.2, 0.25) is 0 Å². The highest BCUT2D eigenvalue weighted by molar-refractivity contribution is 5.90. The molecule has 141 valence electrons. The fraction of sp³-hybridized carbons (Fsp3) is 0.278. The maximum absolute atomic E-state index is 14.8. The standard InChI is InChI=1S/C18H20FN6O2/c19-15-12(11-27-18(26)24-16(20)21)5-4-6-14(15)13-9-22-17(23-10-13)25-7-2-1-3-8-25/h1,4-6,9-10H,2-3,7-8,11H2,(H4,20,21,24,26). The van der Waals surface area contributed by atoms with E-state index >= 15 is 0 Å². The van der Waals surface area contributed by atoms with Crippen molar-refractivity contribution in [2.45, 2.75) is 19.4 Å². The summed E-state index contributed by atoms with van der Waals surface area (Å²) in [7, 11) is 0. The molecule has 8 nitrogen and oxygen atoms in total. The van der Waals surface area contributed by atoms with Crippen LogP contribution < -0.4 is 16.0 Å². The predicted octanol–water partition coefficient (Wildman–Crippen LogP) is 2.21. The van der Waals surface area contributed by atoms with Gasteiger partial charge in [0.25, 0.3) is 0 Å². The van der Waals surface area contributed by atoms with E-state index in [1.54, 1.807) is 24.5 Å². The number of piperidine rings is 1. The number of aromatic nitrogens is 2. The number of alkyl carbamates (subject to hydrolysis) is 1. The van der Waals surface area contributed by atoms with Crippen LogP contribution in [0.1, 0.15) is 18.4 Å². The number of guanidine groups is 1. The second-order valence-electron chi connectivity index (χ2n) is 6.02. The van der Waals surface area contributed by atoms with Crippen LogP contribution in [0.5, 0.6) is 0 Å². The molecule has 0 saturated carbocycles. The van der Waals surface area contributed by atoms with Gasteiger partial charge in [0.15, 0.2) is 5.96 Å². The molecule has 1 aromatic heterocycles. The van der Waals surface area contributed by atoms with Crippen molar-refractivity contribution in [3.05, 3.63) is 48.4 Å². The van der Waals surface area contributed by atoms with Crippen molar-refractivity contribution in [2.75, 3.05) is 18.0 Å². The summed E-state index contributed by atoms with van der Waals surface area (Å²) >= 11 is 0. The zero-order chi connectivity index (χ0) is 19.2. The molecule has 1 aromatic carbocycles. The highest BCUT2D eigenvalue weighted by Crippen LogP contribution is 2.25. The molecule has 4 N–H and O–H groups in total. The van der Waals surface area contributed by atoms with E-state index in [2.05, 4.69) is 21.3 Å². The van der Waals surface area contributed by atoms with Crippen molar-refractivity contribution in [3.63, 3.8) is 0 Å². The van der Waals surface area contributed by atoms with Crippen molar-refractivity contribution in [1.29, 1.82) is 5.41 Å². The summed E-state index contributed by atoms with van der Waals surface area (Å²) in [5, 5.41) is 8.93. The summed E-state index contributed by atoms with van der Waals surface area (Å²) < 4.78 is 19.6. The lowest BCUT2D eigenvalue weighted by molar-refractivity contribution is 0.143. The topological polar surface area (TPSA) is 117 Å². The summed E-state index contributed by atoms with van der Waals surface area (Å²) in [5.74, 6) is -0.428. The third-order valence-corrected chi connectivity index (χ3v) is 4.11. The molecule has 0 spiro atoms. The molecule has 1 aliphatic rings. The number of anilines is 1. The van der Waals surface area contributed by atoms with E-state index in [4.69, 9.17) is 15.9 Å². The first-order valence-electron chi connectivity index (χ1n) is 8.49. The molecule has 0 aliphatic carbocycles. The summed E-state index contributed by atoms with van der Waals surface area (Å²) in [6, 6.07) is 4.79. The zero-order valence-electron chi connectivity index (χ0n) is 14.6. The van der Waals surface area contributed by atoms with Gasteiger partial charge in [-0.2, -0.15) is 0 Å². The van der Waals surface area contributed by atoms with Gasteiger partial charge >= 0.3 is 6.09 Å². The molecular formula is C18H20FN6O2. The number of halogens is 1. The van der Waals surface area contributed by atoms with E-state index in [1.807, 2.05) is 5.32 Å². The highest BCUT2D eigenvalue weighted by atomic mass is 19.1. The Bertz CT molecular complexity index is 821. The number of carbonyl (C=O) groups is 1. The minimum atomic E-state index is -0.918. The molecule has 2 aromatic rings. The molecular weight excluding hydrogens is 351 g/mol. The molecule has 1 aliphatic heterocycles. The second-order valence-corrected chi connectivity index (χ2v) is 6.02. The van der Waals surface area contributed by atoms with E-state index in [9.17, 15) is 9.18 Å². The van der Waals surface area contributed by atoms with E-state index in [1.165, 1.54) is 6.07 Å². The molecule has 3 rings (SSSR count). The van der Waals surface area contributed by atoms with Crippen LogP contribution in [-0.2, 0) is 11.3 Å². The van der Waals surface area contributed by atoms with Crippen LogP contribution in [0.25, 0.3) is 11.1 Å². The van der Waals surface area contributed by atoms with Gasteiger partial charge in [-0.3, -0.25) is 10.7 Å². The molecule has 1 amide bonds. The van der Waals surface area contributed by atoms with Crippen molar-refractivity contribution < 1.29 is 13.9 Å². The van der Waals surface area contributed by atoms with Gasteiger partial charge < -0.3 is 15.4 Å². The second kappa shape index (κ2) is 8.43. The van der Waals surface area contributed by atoms with Crippen molar-refractivity contribution in [2.24, 2.45) is 5.73 Å². The lowest BCUT2D eigenvalue weighted by atomic mass is 10.1. The molecule has 1 fully saturated rings. The molecule has 0 atom stereocenters. The van der Waals surface area contributed by atoms with Gasteiger partial charge in [0.2, 0.25) is 5.95 Å². The molecule has 27 heavy (non-hydrogen) atoms. The Morgan fingerprint density at radius 1 is 1.30 bits per heavy atom. The number of hydrogen-bond acceptors (Lipinski definition) is 6. The Hall–Kier alpha value is -3.23. The monoisotopic (exact) mass is 371 g/mol. The SMILES string of the molecule is N=C(N)NC(=O)OCc1cccc(-c2cnc(N3CC[CH]CC3)nc2)c1F. The number of nitrogens with two attached hydrogens (primary N) is 1. The highest BCUT2D eigenvalue weighted by Gasteiger charge is 2.16. The van der Waals surface area contributed by atoms with E-state index < -0.39 is 17.9 Å². The normalized spacial score (nSPS) is 13.9. The van der Waals surface area contributed by atoms with Crippen LogP contribution in [0.3, 0.4) is 0 Å². The Morgan fingerprint density at radius 3 is 2.67 bits per heavy atom. The average Bonchev–Trinajstić information content (AvgIpc) is 2.67. The Kier molecular flexibility index (Phi) is 5.80. The molecule has 9 heteroatoms. The lowest BCUT2D eigenvalue weighted by Gasteiger charge is -2.26. The van der Waals surface area contributed by atoms with Crippen LogP contribution >= 0.6 is 0 Å². The predicted molar refractivity (Wildman–Crippen MR) is 98.4 cm³/mol. The van der Waals surface area contributed by atoms with Crippen molar-refractivity contribution in [3.8, 4) is 11.1 Å². The molecule has 1 saturated heterocycles. The number of amides is 1. The largest absolute Gasteiger partial charge is 0.444 e. The number of hydrogen-bond donors (Lipinski definition) is 3. The van der Waals surface area contributed by atoms with E-state index in [-0.39, 0.29) is 12.2 Å².